The molecule has 0 fully saturated rings. The van der Waals surface area contributed by atoms with Gasteiger partial charge in [-0.2, -0.15) is 0 Å². The number of ether oxygens (including phenoxy) is 1. The maximum atomic E-state index is 10.8. The van der Waals surface area contributed by atoms with Crippen LogP contribution < -0.4 is 0 Å². The highest BCUT2D eigenvalue weighted by Crippen LogP contribution is 2.13. The second kappa shape index (κ2) is 21.0. The molecule has 146 valence electrons. The summed E-state index contributed by atoms with van der Waals surface area (Å²) in [6.45, 7) is 6.01. The van der Waals surface area contributed by atoms with E-state index in [9.17, 15) is 4.79 Å². The van der Waals surface area contributed by atoms with E-state index in [0.29, 0.717) is 6.61 Å². The molecule has 0 aromatic heterocycles. The van der Waals surface area contributed by atoms with Gasteiger partial charge in [0.05, 0.1) is 0 Å². The fourth-order valence-corrected chi connectivity index (χ4v) is 3.01. The van der Waals surface area contributed by atoms with Crippen LogP contribution in [0.3, 0.4) is 0 Å². The third-order valence-electron chi connectivity index (χ3n) is 4.63. The molecule has 0 saturated carbocycles. The molecule has 0 bridgehead atoms. The first-order chi connectivity index (χ1) is 12.3. The molecule has 2 nitrogen and oxygen atoms in total. The first-order valence-electron chi connectivity index (χ1n) is 10.8. The van der Waals surface area contributed by atoms with Crippen LogP contribution in [0.4, 0.5) is 0 Å². The second-order valence-corrected chi connectivity index (χ2v) is 7.04. The number of allylic oxidation sites excluding steroid dienone is 1. The molecule has 0 saturated heterocycles. The third-order valence-corrected chi connectivity index (χ3v) is 4.63. The first-order valence-corrected chi connectivity index (χ1v) is 10.8. The summed E-state index contributed by atoms with van der Waals surface area (Å²) >= 11 is 0. The van der Waals surface area contributed by atoms with Gasteiger partial charge in [-0.05, 0) is 12.8 Å². The lowest BCUT2D eigenvalue weighted by atomic mass is 10.0. The molecular weight excluding hydrogens is 308 g/mol. The summed E-state index contributed by atoms with van der Waals surface area (Å²) in [6, 6.07) is 0. The van der Waals surface area contributed by atoms with Crippen LogP contribution in [0.15, 0.2) is 24.8 Å². The van der Waals surface area contributed by atoms with Crippen molar-refractivity contribution < 1.29 is 9.53 Å². The van der Waals surface area contributed by atoms with Crippen LogP contribution in [0.25, 0.3) is 0 Å². The van der Waals surface area contributed by atoms with Crippen molar-refractivity contribution in [1.82, 2.24) is 0 Å². The fraction of sp³-hybridized carbons (Fsp3) is 0.783. The van der Waals surface area contributed by atoms with Gasteiger partial charge >= 0.3 is 5.97 Å². The molecule has 0 aliphatic carbocycles. The van der Waals surface area contributed by atoms with Crippen molar-refractivity contribution in [3.8, 4) is 0 Å². The van der Waals surface area contributed by atoms with E-state index < -0.39 is 0 Å². The summed E-state index contributed by atoms with van der Waals surface area (Å²) in [5.41, 5.74) is 0. The Bertz CT molecular complexity index is 320. The zero-order valence-electron chi connectivity index (χ0n) is 16.8. The molecular formula is C23H42O2. The molecule has 0 aliphatic rings. The van der Waals surface area contributed by atoms with E-state index in [1.807, 2.05) is 6.08 Å². The Morgan fingerprint density at radius 1 is 0.720 bits per heavy atom. The Balaban J connectivity index is 3.08. The van der Waals surface area contributed by atoms with Gasteiger partial charge in [0.25, 0.3) is 0 Å². The van der Waals surface area contributed by atoms with Crippen LogP contribution in [-0.4, -0.2) is 12.6 Å². The maximum Gasteiger partial charge on any atom is 0.330 e. The van der Waals surface area contributed by atoms with Gasteiger partial charge in [0, 0.05) is 6.08 Å². The van der Waals surface area contributed by atoms with Gasteiger partial charge < -0.3 is 4.74 Å². The predicted octanol–water partition coefficient (Wildman–Crippen LogP) is 7.53. The summed E-state index contributed by atoms with van der Waals surface area (Å²) in [7, 11) is 0. The lowest BCUT2D eigenvalue weighted by Crippen LogP contribution is -1.98. The highest BCUT2D eigenvalue weighted by Gasteiger charge is 1.94. The number of carbonyl (C=O) groups is 1. The van der Waals surface area contributed by atoms with E-state index in [0.717, 1.165) is 6.42 Å². The molecule has 0 atom stereocenters. The molecule has 0 aliphatic heterocycles. The monoisotopic (exact) mass is 350 g/mol. The van der Waals surface area contributed by atoms with Crippen molar-refractivity contribution in [3.05, 3.63) is 24.8 Å². The molecule has 0 rings (SSSR count). The van der Waals surface area contributed by atoms with Crippen LogP contribution in [0.5, 0.6) is 0 Å². The van der Waals surface area contributed by atoms with Gasteiger partial charge in [-0.1, -0.05) is 116 Å². The zero-order chi connectivity index (χ0) is 18.4. The fourth-order valence-electron chi connectivity index (χ4n) is 3.01. The van der Waals surface area contributed by atoms with Crippen molar-refractivity contribution in [3.63, 3.8) is 0 Å². The standard InChI is InChI=1S/C23H42O2/c1-3-5-6-7-8-9-10-11-12-13-14-15-16-17-18-19-20-21-22-25-23(24)4-2/h4,20-21H,2-3,5-19,22H2,1H3/b21-20+. The van der Waals surface area contributed by atoms with Crippen molar-refractivity contribution in [2.45, 2.75) is 110 Å². The smallest absolute Gasteiger partial charge is 0.330 e. The average molecular weight is 351 g/mol. The Morgan fingerprint density at radius 2 is 1.16 bits per heavy atom. The molecule has 25 heavy (non-hydrogen) atoms. The highest BCUT2D eigenvalue weighted by molar-refractivity contribution is 5.81. The van der Waals surface area contributed by atoms with E-state index in [4.69, 9.17) is 4.74 Å². The normalized spacial score (nSPS) is 11.1. The van der Waals surface area contributed by atoms with Crippen LogP contribution in [0.1, 0.15) is 110 Å². The van der Waals surface area contributed by atoms with Gasteiger partial charge in [-0.3, -0.25) is 0 Å². The second-order valence-electron chi connectivity index (χ2n) is 7.04. The van der Waals surface area contributed by atoms with Gasteiger partial charge in [0.1, 0.15) is 6.61 Å². The number of carbonyl (C=O) groups excluding carboxylic acids is 1. The molecule has 0 unspecified atom stereocenters. The SMILES string of the molecule is C=CC(=O)OC/C=C/CCCCCCCCCCCCCCCCC. The predicted molar refractivity (Wildman–Crippen MR) is 110 cm³/mol. The summed E-state index contributed by atoms with van der Waals surface area (Å²) in [5, 5.41) is 0. The minimum atomic E-state index is -0.350. The van der Waals surface area contributed by atoms with Crippen molar-refractivity contribution in [1.29, 1.82) is 0 Å². The Kier molecular flexibility index (Phi) is 20.1. The summed E-state index contributed by atoms with van der Waals surface area (Å²) in [5.74, 6) is -0.350. The maximum absolute atomic E-state index is 10.8. The molecule has 0 amide bonds. The van der Waals surface area contributed by atoms with Gasteiger partial charge in [-0.25, -0.2) is 4.79 Å². The molecule has 0 heterocycles. The van der Waals surface area contributed by atoms with E-state index in [1.54, 1.807) is 0 Å². The molecule has 2 heteroatoms. The summed E-state index contributed by atoms with van der Waals surface area (Å²) < 4.78 is 4.88. The summed E-state index contributed by atoms with van der Waals surface area (Å²) in [4.78, 5) is 10.8. The molecule has 0 N–H and O–H groups in total. The summed E-state index contributed by atoms with van der Waals surface area (Å²) in [6.07, 6.45) is 27.3. The van der Waals surface area contributed by atoms with Gasteiger partial charge in [-0.15, -0.1) is 0 Å². The largest absolute Gasteiger partial charge is 0.458 e. The van der Waals surface area contributed by atoms with Gasteiger partial charge in [0.15, 0.2) is 0 Å². The van der Waals surface area contributed by atoms with Crippen LogP contribution in [0.2, 0.25) is 0 Å². The van der Waals surface area contributed by atoms with E-state index >= 15 is 0 Å². The minimum Gasteiger partial charge on any atom is -0.458 e. The lowest BCUT2D eigenvalue weighted by Gasteiger charge is -2.03. The number of esters is 1. The number of hydrogen-bond acceptors (Lipinski definition) is 2. The van der Waals surface area contributed by atoms with Gasteiger partial charge in [0.2, 0.25) is 0 Å². The Hall–Kier alpha value is -1.05. The lowest BCUT2D eigenvalue weighted by molar-refractivity contribution is -0.136. The molecule has 0 radical (unpaired) electrons. The highest BCUT2D eigenvalue weighted by atomic mass is 16.5. The number of rotatable bonds is 19. The van der Waals surface area contributed by atoms with Crippen LogP contribution in [-0.2, 0) is 9.53 Å². The number of unbranched alkanes of at least 4 members (excludes halogenated alkanes) is 15. The van der Waals surface area contributed by atoms with E-state index in [2.05, 4.69) is 19.6 Å². The zero-order valence-corrected chi connectivity index (χ0v) is 16.8. The van der Waals surface area contributed by atoms with Crippen molar-refractivity contribution >= 4 is 5.97 Å². The van der Waals surface area contributed by atoms with Crippen LogP contribution in [0, 0.1) is 0 Å². The topological polar surface area (TPSA) is 26.3 Å². The number of hydrogen-bond donors (Lipinski definition) is 0. The Labute approximate surface area is 157 Å². The molecule has 0 aromatic carbocycles. The third kappa shape index (κ3) is 20.9. The average Bonchev–Trinajstić information content (AvgIpc) is 2.63. The van der Waals surface area contributed by atoms with Crippen molar-refractivity contribution in [2.24, 2.45) is 0 Å². The first kappa shape index (κ1) is 23.9. The van der Waals surface area contributed by atoms with E-state index in [-0.39, 0.29) is 5.97 Å². The molecule has 0 spiro atoms. The van der Waals surface area contributed by atoms with Crippen molar-refractivity contribution in [2.75, 3.05) is 6.61 Å². The minimum absolute atomic E-state index is 0.350. The molecule has 0 aromatic rings. The quantitative estimate of drug-likeness (QED) is 0.104. The Morgan fingerprint density at radius 3 is 1.60 bits per heavy atom. The van der Waals surface area contributed by atoms with Crippen LogP contribution >= 0.6 is 0 Å². The van der Waals surface area contributed by atoms with E-state index in [1.165, 1.54) is 102 Å².